The first kappa shape index (κ1) is 17.6. The molecule has 1 amide bonds. The maximum Gasteiger partial charge on any atom is 0.223 e. The molecular weight excluding hydrogens is 318 g/mol. The highest BCUT2D eigenvalue weighted by atomic mass is 16.5. The Balaban J connectivity index is 1.66. The van der Waals surface area contributed by atoms with E-state index in [9.17, 15) is 9.90 Å². The number of carbonyl (C=O) groups is 1. The standard InChI is InChI=1S/C19H23N3O3/c1-2-3-10-19(20-21-19)11-9-17(24)22(18(13-23)14-25-15-18)12-16-7-5-4-6-8-16/h1,4-8,23H,3,9-15H2. The first-order chi connectivity index (χ1) is 12.1. The van der Waals surface area contributed by atoms with E-state index in [-0.39, 0.29) is 12.5 Å². The number of aliphatic hydroxyl groups is 1. The fourth-order valence-electron chi connectivity index (χ4n) is 3.07. The molecule has 25 heavy (non-hydrogen) atoms. The number of ether oxygens (including phenoxy) is 1. The molecule has 0 saturated carbocycles. The zero-order chi connectivity index (χ0) is 17.8. The van der Waals surface area contributed by atoms with E-state index in [1.165, 1.54) is 0 Å². The molecule has 1 aromatic rings. The monoisotopic (exact) mass is 341 g/mol. The van der Waals surface area contributed by atoms with E-state index < -0.39 is 11.2 Å². The lowest BCUT2D eigenvalue weighted by atomic mass is 9.93. The summed E-state index contributed by atoms with van der Waals surface area (Å²) in [4.78, 5) is 14.7. The predicted molar refractivity (Wildman–Crippen MR) is 92.5 cm³/mol. The summed E-state index contributed by atoms with van der Waals surface area (Å²) in [6.45, 7) is 1.07. The van der Waals surface area contributed by atoms with Gasteiger partial charge < -0.3 is 14.7 Å². The van der Waals surface area contributed by atoms with Crippen LogP contribution in [0.2, 0.25) is 0 Å². The largest absolute Gasteiger partial charge is 0.394 e. The van der Waals surface area contributed by atoms with Crippen molar-refractivity contribution >= 4 is 5.91 Å². The summed E-state index contributed by atoms with van der Waals surface area (Å²) >= 11 is 0. The van der Waals surface area contributed by atoms with Gasteiger partial charge in [-0.05, 0) is 5.56 Å². The van der Waals surface area contributed by atoms with Crippen molar-refractivity contribution in [2.24, 2.45) is 10.2 Å². The molecule has 0 radical (unpaired) electrons. The van der Waals surface area contributed by atoms with Gasteiger partial charge in [-0.15, -0.1) is 12.3 Å². The third-order valence-corrected chi connectivity index (χ3v) is 4.88. The molecule has 0 atom stereocenters. The summed E-state index contributed by atoms with van der Waals surface area (Å²) in [6, 6.07) is 9.78. The van der Waals surface area contributed by atoms with Gasteiger partial charge in [0.1, 0.15) is 5.54 Å². The molecule has 1 fully saturated rings. The predicted octanol–water partition coefficient (Wildman–Crippen LogP) is 2.13. The number of rotatable bonds is 9. The highest BCUT2D eigenvalue weighted by Gasteiger charge is 2.47. The average Bonchev–Trinajstić information content (AvgIpc) is 3.38. The zero-order valence-electron chi connectivity index (χ0n) is 14.2. The molecule has 2 aliphatic heterocycles. The molecule has 0 aliphatic carbocycles. The van der Waals surface area contributed by atoms with Crippen molar-refractivity contribution in [2.45, 2.75) is 43.4 Å². The van der Waals surface area contributed by atoms with Crippen molar-refractivity contribution in [1.29, 1.82) is 0 Å². The Hall–Kier alpha value is -2.23. The quantitative estimate of drug-likeness (QED) is 0.699. The maximum atomic E-state index is 12.9. The van der Waals surface area contributed by atoms with Gasteiger partial charge in [-0.2, -0.15) is 10.2 Å². The van der Waals surface area contributed by atoms with Crippen LogP contribution in [0.15, 0.2) is 40.6 Å². The van der Waals surface area contributed by atoms with Gasteiger partial charge >= 0.3 is 0 Å². The Kier molecular flexibility index (Phi) is 5.16. The molecule has 6 heteroatoms. The third kappa shape index (κ3) is 3.89. The number of amides is 1. The first-order valence-corrected chi connectivity index (χ1v) is 8.54. The summed E-state index contributed by atoms with van der Waals surface area (Å²) in [6.07, 6.45) is 7.47. The molecule has 0 unspecified atom stereocenters. The van der Waals surface area contributed by atoms with Gasteiger partial charge in [-0.1, -0.05) is 30.3 Å². The number of aliphatic hydroxyl groups excluding tert-OH is 1. The van der Waals surface area contributed by atoms with E-state index in [0.29, 0.717) is 45.4 Å². The van der Waals surface area contributed by atoms with Crippen molar-refractivity contribution in [3.63, 3.8) is 0 Å². The Bertz CT molecular complexity index is 665. The van der Waals surface area contributed by atoms with E-state index in [1.807, 2.05) is 30.3 Å². The number of hydrogen-bond donors (Lipinski definition) is 1. The van der Waals surface area contributed by atoms with Crippen LogP contribution in [0.4, 0.5) is 0 Å². The number of terminal acetylenes is 1. The van der Waals surface area contributed by atoms with Crippen molar-refractivity contribution in [3.05, 3.63) is 35.9 Å². The van der Waals surface area contributed by atoms with Crippen molar-refractivity contribution in [1.82, 2.24) is 4.90 Å². The number of hydrogen-bond acceptors (Lipinski definition) is 5. The molecule has 1 aromatic carbocycles. The summed E-state index contributed by atoms with van der Waals surface area (Å²) in [7, 11) is 0. The molecular formula is C19H23N3O3. The second-order valence-corrected chi connectivity index (χ2v) is 6.73. The number of benzene rings is 1. The van der Waals surface area contributed by atoms with Crippen LogP contribution in [-0.2, 0) is 16.1 Å². The van der Waals surface area contributed by atoms with Crippen LogP contribution in [-0.4, -0.2) is 46.9 Å². The maximum absolute atomic E-state index is 12.9. The lowest BCUT2D eigenvalue weighted by molar-refractivity contribution is -0.180. The lowest BCUT2D eigenvalue weighted by Gasteiger charge is -2.48. The van der Waals surface area contributed by atoms with E-state index in [1.54, 1.807) is 4.90 Å². The van der Waals surface area contributed by atoms with Gasteiger partial charge in [-0.3, -0.25) is 4.79 Å². The number of nitrogens with zero attached hydrogens (tertiary/aromatic N) is 3. The van der Waals surface area contributed by atoms with E-state index in [2.05, 4.69) is 16.1 Å². The average molecular weight is 341 g/mol. The van der Waals surface area contributed by atoms with Crippen LogP contribution in [0, 0.1) is 12.3 Å². The molecule has 132 valence electrons. The Morgan fingerprint density at radius 2 is 2.00 bits per heavy atom. The molecule has 0 spiro atoms. The van der Waals surface area contributed by atoms with Crippen LogP contribution in [0.25, 0.3) is 0 Å². The summed E-state index contributed by atoms with van der Waals surface area (Å²) in [5, 5.41) is 18.0. The minimum atomic E-state index is -0.628. The molecule has 3 rings (SSSR count). The van der Waals surface area contributed by atoms with Crippen molar-refractivity contribution in [2.75, 3.05) is 19.8 Å². The fourth-order valence-corrected chi connectivity index (χ4v) is 3.07. The van der Waals surface area contributed by atoms with Gasteiger partial charge in [0.25, 0.3) is 0 Å². The molecule has 1 N–H and O–H groups in total. The third-order valence-electron chi connectivity index (χ3n) is 4.88. The normalized spacial score (nSPS) is 18.9. The molecule has 2 aliphatic rings. The van der Waals surface area contributed by atoms with Crippen LogP contribution in [0.1, 0.15) is 31.2 Å². The van der Waals surface area contributed by atoms with Gasteiger partial charge in [0, 0.05) is 32.2 Å². The first-order valence-electron chi connectivity index (χ1n) is 8.54. The fraction of sp³-hybridized carbons (Fsp3) is 0.526. The second kappa shape index (κ2) is 7.34. The van der Waals surface area contributed by atoms with Crippen molar-refractivity contribution in [3.8, 4) is 12.3 Å². The highest BCUT2D eigenvalue weighted by Crippen LogP contribution is 2.38. The second-order valence-electron chi connectivity index (χ2n) is 6.73. The van der Waals surface area contributed by atoms with Crippen LogP contribution in [0.5, 0.6) is 0 Å². The smallest absolute Gasteiger partial charge is 0.223 e. The zero-order valence-corrected chi connectivity index (χ0v) is 14.2. The molecule has 0 aromatic heterocycles. The molecule has 2 heterocycles. The van der Waals surface area contributed by atoms with Gasteiger partial charge in [0.2, 0.25) is 5.91 Å². The topological polar surface area (TPSA) is 74.5 Å². The molecule has 0 bridgehead atoms. The lowest BCUT2D eigenvalue weighted by Crippen LogP contribution is -2.65. The SMILES string of the molecule is C#CCCC1(CCC(=O)N(Cc2ccccc2)C2(CO)COC2)N=N1. The summed E-state index contributed by atoms with van der Waals surface area (Å²) in [5.41, 5.74) is -0.0712. The number of carbonyl (C=O) groups excluding carboxylic acids is 1. The minimum Gasteiger partial charge on any atom is -0.394 e. The van der Waals surface area contributed by atoms with Gasteiger partial charge in [0.15, 0.2) is 5.66 Å². The highest BCUT2D eigenvalue weighted by molar-refractivity contribution is 5.77. The van der Waals surface area contributed by atoms with Gasteiger partial charge in [0.05, 0.1) is 19.8 Å². The Morgan fingerprint density at radius 1 is 1.28 bits per heavy atom. The summed E-state index contributed by atoms with van der Waals surface area (Å²) in [5.74, 6) is 2.58. The van der Waals surface area contributed by atoms with Crippen LogP contribution in [0.3, 0.4) is 0 Å². The molecule has 1 saturated heterocycles. The van der Waals surface area contributed by atoms with Gasteiger partial charge in [-0.25, -0.2) is 0 Å². The Labute approximate surface area is 147 Å². The van der Waals surface area contributed by atoms with Crippen LogP contribution >= 0.6 is 0 Å². The van der Waals surface area contributed by atoms with Crippen LogP contribution < -0.4 is 0 Å². The van der Waals surface area contributed by atoms with Crippen molar-refractivity contribution < 1.29 is 14.6 Å². The van der Waals surface area contributed by atoms with E-state index >= 15 is 0 Å². The van der Waals surface area contributed by atoms with E-state index in [4.69, 9.17) is 11.2 Å². The minimum absolute atomic E-state index is 0.0152. The summed E-state index contributed by atoms with van der Waals surface area (Å²) < 4.78 is 5.30. The Morgan fingerprint density at radius 3 is 2.52 bits per heavy atom. The molecule has 6 nitrogen and oxygen atoms in total. The van der Waals surface area contributed by atoms with E-state index in [0.717, 1.165) is 5.56 Å².